The fraction of sp³-hybridized carbons (Fsp3) is 0.216. The number of amides is 6. The summed E-state index contributed by atoms with van der Waals surface area (Å²) < 4.78 is 7.28. The van der Waals surface area contributed by atoms with Crippen molar-refractivity contribution in [2.45, 2.75) is 18.9 Å². The normalized spacial score (nSPS) is 14.8. The zero-order valence-electron chi connectivity index (χ0n) is 30.7. The molecule has 57 heavy (non-hydrogen) atoms. The van der Waals surface area contributed by atoms with Gasteiger partial charge in [0.05, 0.1) is 40.7 Å². The maximum atomic E-state index is 13.1. The van der Waals surface area contributed by atoms with Crippen molar-refractivity contribution < 1.29 is 33.5 Å². The Balaban J connectivity index is 0.956. The Labute approximate surface area is 323 Å². The van der Waals surface area contributed by atoms with Crippen molar-refractivity contribution in [2.75, 3.05) is 43.2 Å². The fourth-order valence-electron chi connectivity index (χ4n) is 6.27. The van der Waals surface area contributed by atoms with Crippen molar-refractivity contribution in [3.8, 4) is 17.1 Å². The van der Waals surface area contributed by atoms with Gasteiger partial charge in [-0.25, -0.2) is 9.97 Å². The predicted octanol–water partition coefficient (Wildman–Crippen LogP) is 1.77. The van der Waals surface area contributed by atoms with E-state index < -0.39 is 35.6 Å². The van der Waals surface area contributed by atoms with E-state index in [1.807, 2.05) is 6.07 Å². The van der Waals surface area contributed by atoms with E-state index in [0.717, 1.165) is 4.90 Å². The lowest BCUT2D eigenvalue weighted by atomic mass is 10.0. The summed E-state index contributed by atoms with van der Waals surface area (Å²) in [4.78, 5) is 85.1. The number of methoxy groups -OCH3 is 1. The molecule has 20 heteroatoms. The van der Waals surface area contributed by atoms with Crippen LogP contribution in [0, 0.1) is 0 Å². The predicted molar refractivity (Wildman–Crippen MR) is 203 cm³/mol. The number of anilines is 5. The smallest absolute Gasteiger partial charge is 0.273 e. The molecule has 2 aromatic carbocycles. The second-order valence-electron chi connectivity index (χ2n) is 12.8. The van der Waals surface area contributed by atoms with E-state index in [0.29, 0.717) is 40.0 Å². The molecular weight excluding hydrogens is 738 g/mol. The van der Waals surface area contributed by atoms with Gasteiger partial charge >= 0.3 is 0 Å². The van der Waals surface area contributed by atoms with Gasteiger partial charge in [-0.3, -0.25) is 43.7 Å². The molecule has 5 heterocycles. The van der Waals surface area contributed by atoms with Crippen LogP contribution in [0.2, 0.25) is 0 Å². The molecule has 1 unspecified atom stereocenters. The van der Waals surface area contributed by atoms with Gasteiger partial charge in [0.2, 0.25) is 11.8 Å². The first-order valence-electron chi connectivity index (χ1n) is 17.5. The number of para-hydroxylation sites is 1. The standard InChI is InChI=1S/C37H35N13O7/c1-38-35(54)30-25(43-24-6-4-5-22(31(24)57-3)32-42-18-49(2)48-32)16-28(46-47-30)44-27-11-7-19(17-41-27)33(52)40-14-13-39-20-8-9-21-23(15-20)37(56)50(36(21)55)26-10-12-29(51)45-34(26)53/h4-9,11,15-18,26,39H,10,12-14H2,1-3H3,(H,38,54)(H,40,52)(H,45,51,53)(H2,41,43,44,46). The molecule has 2 aliphatic heterocycles. The summed E-state index contributed by atoms with van der Waals surface area (Å²) in [6, 6.07) is 13.7. The summed E-state index contributed by atoms with van der Waals surface area (Å²) in [6.07, 6.45) is 3.06. The number of pyridine rings is 1. The highest BCUT2D eigenvalue weighted by molar-refractivity contribution is 6.23. The van der Waals surface area contributed by atoms with Crippen LogP contribution >= 0.6 is 0 Å². The Kier molecular flexibility index (Phi) is 10.5. The second kappa shape index (κ2) is 15.9. The first kappa shape index (κ1) is 37.5. The van der Waals surface area contributed by atoms with Crippen molar-refractivity contribution in [1.82, 2.24) is 50.8 Å². The molecular formula is C37H35N13O7. The minimum absolute atomic E-state index is 0.0251. The molecule has 0 aliphatic carbocycles. The lowest BCUT2D eigenvalue weighted by molar-refractivity contribution is -0.136. The molecule has 5 aromatic rings. The molecule has 0 bridgehead atoms. The van der Waals surface area contributed by atoms with Gasteiger partial charge in [-0.05, 0) is 48.9 Å². The number of fused-ring (bicyclic) bond motifs is 1. The summed E-state index contributed by atoms with van der Waals surface area (Å²) >= 11 is 0. The topological polar surface area (TPSA) is 256 Å². The molecule has 6 amide bonds. The van der Waals surface area contributed by atoms with Crippen LogP contribution in [-0.2, 0) is 16.6 Å². The van der Waals surface area contributed by atoms with Crippen LogP contribution in [0.3, 0.4) is 0 Å². The molecule has 0 spiro atoms. The number of nitrogens with zero attached hydrogens (tertiary/aromatic N) is 7. The lowest BCUT2D eigenvalue weighted by Gasteiger charge is -2.27. The number of imide groups is 2. The van der Waals surface area contributed by atoms with E-state index in [9.17, 15) is 28.8 Å². The maximum Gasteiger partial charge on any atom is 0.273 e. The number of carbonyl (C=O) groups is 6. The van der Waals surface area contributed by atoms with Gasteiger partial charge in [-0.15, -0.1) is 10.2 Å². The number of aryl methyl sites for hydroxylation is 1. The van der Waals surface area contributed by atoms with Crippen LogP contribution < -0.4 is 36.6 Å². The van der Waals surface area contributed by atoms with Crippen LogP contribution in [0.25, 0.3) is 11.4 Å². The molecule has 1 saturated heterocycles. The van der Waals surface area contributed by atoms with Gasteiger partial charge in [-0.1, -0.05) is 6.07 Å². The van der Waals surface area contributed by atoms with Crippen LogP contribution in [0.4, 0.5) is 28.7 Å². The molecule has 1 atom stereocenters. The van der Waals surface area contributed by atoms with E-state index in [4.69, 9.17) is 4.74 Å². The lowest BCUT2D eigenvalue weighted by Crippen LogP contribution is -2.54. The van der Waals surface area contributed by atoms with E-state index in [1.165, 1.54) is 32.5 Å². The minimum atomic E-state index is -1.05. The van der Waals surface area contributed by atoms with E-state index in [2.05, 4.69) is 57.2 Å². The van der Waals surface area contributed by atoms with Crippen molar-refractivity contribution in [3.63, 3.8) is 0 Å². The average Bonchev–Trinajstić information content (AvgIpc) is 3.75. The largest absolute Gasteiger partial charge is 0.494 e. The van der Waals surface area contributed by atoms with Crippen molar-refractivity contribution >= 4 is 64.1 Å². The summed E-state index contributed by atoms with van der Waals surface area (Å²) in [5.41, 5.74) is 2.62. The molecule has 20 nitrogen and oxygen atoms in total. The monoisotopic (exact) mass is 773 g/mol. The highest BCUT2D eigenvalue weighted by Crippen LogP contribution is 2.37. The van der Waals surface area contributed by atoms with Gasteiger partial charge in [0.25, 0.3) is 23.6 Å². The van der Waals surface area contributed by atoms with Gasteiger partial charge < -0.3 is 31.3 Å². The first-order valence-corrected chi connectivity index (χ1v) is 17.5. The number of piperidine rings is 1. The number of benzene rings is 2. The quantitative estimate of drug-likeness (QED) is 0.0736. The average molecular weight is 774 g/mol. The first-order chi connectivity index (χ1) is 27.5. The number of aromatic nitrogens is 6. The molecule has 7 rings (SSSR count). The highest BCUT2D eigenvalue weighted by Gasteiger charge is 2.44. The third-order valence-electron chi connectivity index (χ3n) is 9.03. The van der Waals surface area contributed by atoms with Gasteiger partial charge in [0.15, 0.2) is 23.1 Å². The number of nitrogens with one attached hydrogen (secondary N) is 6. The third kappa shape index (κ3) is 7.76. The summed E-state index contributed by atoms with van der Waals surface area (Å²) in [6.45, 7) is 0.494. The van der Waals surface area contributed by atoms with Crippen LogP contribution in [-0.4, -0.2) is 104 Å². The SMILES string of the molecule is CNC(=O)c1nnc(Nc2ccc(C(=O)NCCNc3ccc4c(c3)C(=O)N(C3CCC(=O)NC3=O)C4=O)cn2)cc1Nc1cccc(-c2ncn(C)n2)c1OC. The molecule has 3 aromatic heterocycles. The molecule has 6 N–H and O–H groups in total. The molecule has 2 aliphatic rings. The van der Waals surface area contributed by atoms with Crippen molar-refractivity contribution in [3.05, 3.63) is 89.5 Å². The Bertz CT molecular complexity index is 2430. The number of hydrogen-bond acceptors (Lipinski definition) is 15. The second-order valence-corrected chi connectivity index (χ2v) is 12.8. The summed E-state index contributed by atoms with van der Waals surface area (Å²) in [7, 11) is 4.76. The van der Waals surface area contributed by atoms with E-state index in [1.54, 1.807) is 54.5 Å². The summed E-state index contributed by atoms with van der Waals surface area (Å²) in [5, 5.41) is 29.5. The number of ether oxygens (including phenoxy) is 1. The number of carbonyl (C=O) groups excluding carboxylic acids is 6. The highest BCUT2D eigenvalue weighted by atomic mass is 16.5. The molecule has 0 radical (unpaired) electrons. The number of rotatable bonds is 13. The zero-order valence-corrected chi connectivity index (χ0v) is 30.7. The Morgan fingerprint density at radius 1 is 0.877 bits per heavy atom. The molecule has 0 saturated carbocycles. The van der Waals surface area contributed by atoms with Crippen LogP contribution in [0.15, 0.2) is 67.1 Å². The van der Waals surface area contributed by atoms with Crippen LogP contribution in [0.1, 0.15) is 54.4 Å². The van der Waals surface area contributed by atoms with E-state index in [-0.39, 0.29) is 60.0 Å². The van der Waals surface area contributed by atoms with Gasteiger partial charge in [0, 0.05) is 51.6 Å². The molecule has 290 valence electrons. The minimum Gasteiger partial charge on any atom is -0.494 e. The Hall–Kier alpha value is -7.77. The maximum absolute atomic E-state index is 13.1. The molecule has 1 fully saturated rings. The number of hydrogen-bond donors (Lipinski definition) is 6. The van der Waals surface area contributed by atoms with Gasteiger partial charge in [-0.2, -0.15) is 5.10 Å². The fourth-order valence-corrected chi connectivity index (χ4v) is 6.27. The van der Waals surface area contributed by atoms with E-state index >= 15 is 0 Å². The third-order valence-corrected chi connectivity index (χ3v) is 9.03. The Morgan fingerprint density at radius 3 is 2.42 bits per heavy atom. The van der Waals surface area contributed by atoms with Gasteiger partial charge in [0.1, 0.15) is 18.2 Å². The Morgan fingerprint density at radius 2 is 1.70 bits per heavy atom. The zero-order chi connectivity index (χ0) is 40.2. The van der Waals surface area contributed by atoms with Crippen molar-refractivity contribution in [1.29, 1.82) is 0 Å². The van der Waals surface area contributed by atoms with Crippen molar-refractivity contribution in [2.24, 2.45) is 7.05 Å². The van der Waals surface area contributed by atoms with Crippen LogP contribution in [0.5, 0.6) is 5.75 Å². The summed E-state index contributed by atoms with van der Waals surface area (Å²) in [5.74, 6) is -1.69.